The van der Waals surface area contributed by atoms with E-state index < -0.39 is 0 Å². The average Bonchev–Trinajstić information content (AvgIpc) is 3.36. The Kier molecular flexibility index (Phi) is 4.86. The number of benzene rings is 1. The van der Waals surface area contributed by atoms with Gasteiger partial charge >= 0.3 is 0 Å². The monoisotopic (exact) mass is 358 g/mol. The molecular weight excluding hydrogens is 335 g/mol. The van der Waals surface area contributed by atoms with Crippen molar-refractivity contribution < 1.29 is 13.9 Å². The lowest BCUT2D eigenvalue weighted by Gasteiger charge is -2.35. The molecule has 6 nitrogen and oxygen atoms in total. The first-order chi connectivity index (χ1) is 12.7. The van der Waals surface area contributed by atoms with E-state index in [-0.39, 0.29) is 24.4 Å². The lowest BCUT2D eigenvalue weighted by atomic mass is 10.0. The molecule has 1 aliphatic heterocycles. The van der Waals surface area contributed by atoms with Crippen molar-refractivity contribution in [2.45, 2.75) is 44.7 Å². The topological polar surface area (TPSA) is 60.2 Å². The summed E-state index contributed by atoms with van der Waals surface area (Å²) in [5.41, 5.74) is 0. The molecule has 26 heavy (non-hydrogen) atoms. The normalized spacial score (nSPS) is 20.2. The smallest absolute Gasteiger partial charge is 0.261 e. The zero-order valence-electron chi connectivity index (χ0n) is 14.7. The summed E-state index contributed by atoms with van der Waals surface area (Å²) in [6, 6.07) is 5.66. The van der Waals surface area contributed by atoms with Crippen LogP contribution in [0.3, 0.4) is 0 Å². The van der Waals surface area contributed by atoms with Crippen LogP contribution in [0.25, 0.3) is 0 Å². The molecule has 4 rings (SSSR count). The zero-order chi connectivity index (χ0) is 17.9. The van der Waals surface area contributed by atoms with Gasteiger partial charge in [-0.1, -0.05) is 0 Å². The fourth-order valence-electron chi connectivity index (χ4n) is 3.50. The third kappa shape index (κ3) is 3.86. The van der Waals surface area contributed by atoms with Crippen LogP contribution in [0, 0.1) is 11.7 Å². The van der Waals surface area contributed by atoms with E-state index in [1.165, 1.54) is 37.1 Å². The predicted molar refractivity (Wildman–Crippen MR) is 92.9 cm³/mol. The summed E-state index contributed by atoms with van der Waals surface area (Å²) in [6.07, 6.45) is 7.25. The van der Waals surface area contributed by atoms with Gasteiger partial charge in [-0.2, -0.15) is 0 Å². The summed E-state index contributed by atoms with van der Waals surface area (Å²) < 4.78 is 20.6. The SMILES string of the molecule is O=C(COc1ccc(F)cc1)N1CCCCC1c1nncn1CC1CC1. The van der Waals surface area contributed by atoms with Crippen molar-refractivity contribution in [2.24, 2.45) is 5.92 Å². The quantitative estimate of drug-likeness (QED) is 0.797. The second-order valence-electron chi connectivity index (χ2n) is 7.13. The maximum absolute atomic E-state index is 13.0. The largest absolute Gasteiger partial charge is 0.484 e. The van der Waals surface area contributed by atoms with Gasteiger partial charge in [-0.25, -0.2) is 4.39 Å². The number of hydrogen-bond donors (Lipinski definition) is 0. The second kappa shape index (κ2) is 7.43. The standard InChI is InChI=1S/C19H23FN4O2/c20-15-6-8-16(9-7-15)26-12-18(25)24-10-2-1-3-17(24)19-22-21-13-23(19)11-14-4-5-14/h6-9,13-14,17H,1-5,10-12H2. The van der Waals surface area contributed by atoms with E-state index in [0.29, 0.717) is 12.3 Å². The number of halogens is 1. The van der Waals surface area contributed by atoms with Gasteiger partial charge < -0.3 is 14.2 Å². The molecule has 2 fully saturated rings. The highest BCUT2D eigenvalue weighted by molar-refractivity contribution is 5.78. The molecule has 2 heterocycles. The highest BCUT2D eigenvalue weighted by Gasteiger charge is 2.33. The Balaban J connectivity index is 1.43. The lowest BCUT2D eigenvalue weighted by molar-refractivity contribution is -0.137. The molecule has 0 spiro atoms. The first kappa shape index (κ1) is 17.0. The number of amides is 1. The van der Waals surface area contributed by atoms with E-state index in [1.807, 2.05) is 4.90 Å². The number of carbonyl (C=O) groups excluding carboxylic acids is 1. The molecule has 1 atom stereocenters. The fourth-order valence-corrected chi connectivity index (χ4v) is 3.50. The van der Waals surface area contributed by atoms with Crippen molar-refractivity contribution in [1.29, 1.82) is 0 Å². The molecule has 1 aromatic heterocycles. The molecule has 7 heteroatoms. The maximum Gasteiger partial charge on any atom is 0.261 e. The molecule has 1 saturated carbocycles. The first-order valence-corrected chi connectivity index (χ1v) is 9.26. The van der Waals surface area contributed by atoms with Gasteiger partial charge in [0.15, 0.2) is 12.4 Å². The third-order valence-corrected chi connectivity index (χ3v) is 5.09. The van der Waals surface area contributed by atoms with Crippen LogP contribution in [0.5, 0.6) is 5.75 Å². The van der Waals surface area contributed by atoms with E-state index in [0.717, 1.165) is 37.5 Å². The molecule has 1 saturated heterocycles. The van der Waals surface area contributed by atoms with Crippen molar-refractivity contribution in [3.05, 3.63) is 42.2 Å². The molecule has 1 unspecified atom stereocenters. The van der Waals surface area contributed by atoms with E-state index >= 15 is 0 Å². The van der Waals surface area contributed by atoms with Crippen LogP contribution in [0.2, 0.25) is 0 Å². The van der Waals surface area contributed by atoms with Gasteiger partial charge in [0.2, 0.25) is 0 Å². The molecule has 0 bridgehead atoms. The van der Waals surface area contributed by atoms with Gasteiger partial charge in [0.05, 0.1) is 6.04 Å². The maximum atomic E-state index is 13.0. The highest BCUT2D eigenvalue weighted by Crippen LogP contribution is 2.34. The number of ether oxygens (including phenoxy) is 1. The zero-order valence-corrected chi connectivity index (χ0v) is 14.7. The molecule has 2 aliphatic rings. The molecular formula is C19H23FN4O2. The van der Waals surface area contributed by atoms with Gasteiger partial charge in [-0.3, -0.25) is 4.79 Å². The Hall–Kier alpha value is -2.44. The van der Waals surface area contributed by atoms with Gasteiger partial charge in [0, 0.05) is 13.1 Å². The van der Waals surface area contributed by atoms with E-state index in [9.17, 15) is 9.18 Å². The second-order valence-corrected chi connectivity index (χ2v) is 7.13. The van der Waals surface area contributed by atoms with Crippen LogP contribution in [-0.4, -0.2) is 38.7 Å². The number of carbonyl (C=O) groups is 1. The number of likely N-dealkylation sites (tertiary alicyclic amines) is 1. The van der Waals surface area contributed by atoms with Crippen molar-refractivity contribution in [1.82, 2.24) is 19.7 Å². The van der Waals surface area contributed by atoms with Crippen LogP contribution in [0.4, 0.5) is 4.39 Å². The summed E-state index contributed by atoms with van der Waals surface area (Å²) in [5.74, 6) is 1.70. The molecule has 138 valence electrons. The number of nitrogens with zero attached hydrogens (tertiary/aromatic N) is 4. The highest BCUT2D eigenvalue weighted by atomic mass is 19.1. The van der Waals surface area contributed by atoms with Crippen LogP contribution in [-0.2, 0) is 11.3 Å². The third-order valence-electron chi connectivity index (χ3n) is 5.09. The summed E-state index contributed by atoms with van der Waals surface area (Å²) in [7, 11) is 0. The Morgan fingerprint density at radius 1 is 1.19 bits per heavy atom. The molecule has 0 N–H and O–H groups in total. The van der Waals surface area contributed by atoms with Gasteiger partial charge in [0.1, 0.15) is 17.9 Å². The van der Waals surface area contributed by atoms with Crippen LogP contribution in [0.15, 0.2) is 30.6 Å². The van der Waals surface area contributed by atoms with Crippen molar-refractivity contribution in [3.8, 4) is 5.75 Å². The average molecular weight is 358 g/mol. The summed E-state index contributed by atoms with van der Waals surface area (Å²) in [5, 5.41) is 8.40. The summed E-state index contributed by atoms with van der Waals surface area (Å²) in [6.45, 7) is 1.58. The summed E-state index contributed by atoms with van der Waals surface area (Å²) >= 11 is 0. The van der Waals surface area contributed by atoms with Crippen molar-refractivity contribution >= 4 is 5.91 Å². The van der Waals surface area contributed by atoms with Gasteiger partial charge in [-0.05, 0) is 62.3 Å². The minimum Gasteiger partial charge on any atom is -0.484 e. The Bertz CT molecular complexity index is 757. The van der Waals surface area contributed by atoms with E-state index in [2.05, 4.69) is 14.8 Å². The number of piperidine rings is 1. The Morgan fingerprint density at radius 2 is 2.00 bits per heavy atom. The minimum absolute atomic E-state index is 0.0469. The van der Waals surface area contributed by atoms with Gasteiger partial charge in [-0.15, -0.1) is 10.2 Å². The molecule has 1 amide bonds. The Labute approximate surface area is 152 Å². The van der Waals surface area contributed by atoms with Crippen molar-refractivity contribution in [3.63, 3.8) is 0 Å². The summed E-state index contributed by atoms with van der Waals surface area (Å²) in [4.78, 5) is 14.6. The lowest BCUT2D eigenvalue weighted by Crippen LogP contribution is -2.42. The Morgan fingerprint density at radius 3 is 2.77 bits per heavy atom. The fraction of sp³-hybridized carbons (Fsp3) is 0.526. The number of hydrogen-bond acceptors (Lipinski definition) is 4. The number of rotatable bonds is 6. The van der Waals surface area contributed by atoms with E-state index in [4.69, 9.17) is 4.74 Å². The van der Waals surface area contributed by atoms with Crippen LogP contribution >= 0.6 is 0 Å². The predicted octanol–water partition coefficient (Wildman–Crippen LogP) is 2.96. The molecule has 2 aromatic rings. The van der Waals surface area contributed by atoms with Crippen LogP contribution in [0.1, 0.15) is 44.0 Å². The van der Waals surface area contributed by atoms with Gasteiger partial charge in [0.25, 0.3) is 5.91 Å². The molecule has 0 radical (unpaired) electrons. The van der Waals surface area contributed by atoms with Crippen LogP contribution < -0.4 is 4.74 Å². The number of aromatic nitrogens is 3. The van der Waals surface area contributed by atoms with Crippen molar-refractivity contribution in [2.75, 3.05) is 13.2 Å². The van der Waals surface area contributed by atoms with E-state index in [1.54, 1.807) is 6.33 Å². The first-order valence-electron chi connectivity index (χ1n) is 9.26. The molecule has 1 aromatic carbocycles. The molecule has 1 aliphatic carbocycles. The minimum atomic E-state index is -0.324.